The number of rotatable bonds is 2. The molecular formula is C27H26N4O2. The maximum absolute atomic E-state index is 13.0. The monoisotopic (exact) mass is 438 g/mol. The van der Waals surface area contributed by atoms with Gasteiger partial charge in [-0.05, 0) is 29.8 Å². The van der Waals surface area contributed by atoms with Crippen molar-refractivity contribution in [1.82, 2.24) is 9.80 Å². The number of hydrogen-bond acceptors (Lipinski definition) is 2. The maximum atomic E-state index is 13.0. The van der Waals surface area contributed by atoms with Crippen LogP contribution < -0.4 is 10.6 Å². The van der Waals surface area contributed by atoms with Crippen LogP contribution in [0.25, 0.3) is 21.5 Å². The quantitative estimate of drug-likeness (QED) is 0.418. The van der Waals surface area contributed by atoms with E-state index in [2.05, 4.69) is 10.6 Å². The van der Waals surface area contributed by atoms with Crippen LogP contribution in [0.5, 0.6) is 0 Å². The predicted molar refractivity (Wildman–Crippen MR) is 134 cm³/mol. The van der Waals surface area contributed by atoms with Crippen LogP contribution in [-0.4, -0.2) is 47.5 Å². The average Bonchev–Trinajstić information content (AvgIpc) is 2.84. The van der Waals surface area contributed by atoms with Crippen LogP contribution in [0.4, 0.5) is 21.0 Å². The van der Waals surface area contributed by atoms with E-state index in [0.29, 0.717) is 19.6 Å². The van der Waals surface area contributed by atoms with Crippen LogP contribution in [0.3, 0.4) is 0 Å². The van der Waals surface area contributed by atoms with E-state index >= 15 is 0 Å². The standard InChI is InChI=1S/C27H26N4O2/c1-19-18-30(26(32)28-24-14-6-10-20-8-2-4-12-22(20)24)16-17-31(19)27(33)29-25-15-7-11-21-9-3-5-13-23(21)25/h2-15,19H,16-18H2,1H3,(H,28,32)(H,29,33)/t19-/m0/s1. The Morgan fingerprint density at radius 3 is 1.79 bits per heavy atom. The van der Waals surface area contributed by atoms with Crippen LogP contribution in [-0.2, 0) is 0 Å². The lowest BCUT2D eigenvalue weighted by Gasteiger charge is -2.39. The molecule has 1 heterocycles. The number of nitrogens with zero attached hydrogens (tertiary/aromatic N) is 2. The van der Waals surface area contributed by atoms with Crippen molar-refractivity contribution >= 4 is 45.0 Å². The van der Waals surface area contributed by atoms with E-state index in [4.69, 9.17) is 0 Å². The summed E-state index contributed by atoms with van der Waals surface area (Å²) in [4.78, 5) is 29.6. The Morgan fingerprint density at radius 1 is 0.697 bits per heavy atom. The molecule has 4 aromatic carbocycles. The second-order valence-corrected chi connectivity index (χ2v) is 8.40. The molecule has 0 bridgehead atoms. The van der Waals surface area contributed by atoms with Crippen LogP contribution in [0, 0.1) is 0 Å². The smallest absolute Gasteiger partial charge is 0.321 e. The number of urea groups is 2. The van der Waals surface area contributed by atoms with Gasteiger partial charge in [0.2, 0.25) is 0 Å². The van der Waals surface area contributed by atoms with Crippen LogP contribution >= 0.6 is 0 Å². The fourth-order valence-corrected chi connectivity index (χ4v) is 4.49. The lowest BCUT2D eigenvalue weighted by molar-refractivity contribution is 0.124. The van der Waals surface area contributed by atoms with Crippen molar-refractivity contribution in [2.24, 2.45) is 0 Å². The summed E-state index contributed by atoms with van der Waals surface area (Å²) in [6.45, 7) is 3.39. The van der Waals surface area contributed by atoms with Gasteiger partial charge in [-0.25, -0.2) is 9.59 Å². The number of piperazine rings is 1. The zero-order chi connectivity index (χ0) is 22.8. The van der Waals surface area contributed by atoms with Gasteiger partial charge < -0.3 is 20.4 Å². The zero-order valence-electron chi connectivity index (χ0n) is 18.5. The molecule has 1 saturated heterocycles. The summed E-state index contributed by atoms with van der Waals surface area (Å²) < 4.78 is 0. The van der Waals surface area contributed by atoms with Gasteiger partial charge in [0, 0.05) is 36.4 Å². The molecule has 0 aliphatic carbocycles. The van der Waals surface area contributed by atoms with Gasteiger partial charge in [-0.2, -0.15) is 0 Å². The minimum absolute atomic E-state index is 0.105. The number of carbonyl (C=O) groups excluding carboxylic acids is 2. The molecule has 0 saturated carbocycles. The van der Waals surface area contributed by atoms with Gasteiger partial charge in [-0.1, -0.05) is 72.8 Å². The number of benzene rings is 4. The van der Waals surface area contributed by atoms with Crippen LogP contribution in [0.2, 0.25) is 0 Å². The predicted octanol–water partition coefficient (Wildman–Crippen LogP) is 5.76. The molecule has 33 heavy (non-hydrogen) atoms. The van der Waals surface area contributed by atoms with E-state index in [1.165, 1.54) is 0 Å². The number of amides is 4. The van der Waals surface area contributed by atoms with Crippen LogP contribution in [0.15, 0.2) is 84.9 Å². The Bertz CT molecular complexity index is 1330. The highest BCUT2D eigenvalue weighted by Crippen LogP contribution is 2.25. The van der Waals surface area contributed by atoms with Gasteiger partial charge in [0.15, 0.2) is 0 Å². The number of carbonyl (C=O) groups is 2. The summed E-state index contributed by atoms with van der Waals surface area (Å²) in [5, 5.41) is 10.3. The molecule has 5 rings (SSSR count). The molecule has 4 amide bonds. The molecule has 166 valence electrons. The maximum Gasteiger partial charge on any atom is 0.322 e. The van der Waals surface area contributed by atoms with E-state index < -0.39 is 0 Å². The molecule has 0 radical (unpaired) electrons. The van der Waals surface area contributed by atoms with E-state index in [1.54, 1.807) is 9.80 Å². The molecule has 0 spiro atoms. The molecule has 2 N–H and O–H groups in total. The number of nitrogens with one attached hydrogen (secondary N) is 2. The van der Waals surface area contributed by atoms with Crippen molar-refractivity contribution in [2.75, 3.05) is 30.3 Å². The highest BCUT2D eigenvalue weighted by atomic mass is 16.2. The third-order valence-electron chi connectivity index (χ3n) is 6.24. The Balaban J connectivity index is 1.25. The van der Waals surface area contributed by atoms with Gasteiger partial charge in [0.1, 0.15) is 0 Å². The number of anilines is 2. The van der Waals surface area contributed by atoms with E-state index in [0.717, 1.165) is 32.9 Å². The Morgan fingerprint density at radius 2 is 1.21 bits per heavy atom. The SMILES string of the molecule is C[C@H]1CN(C(=O)Nc2cccc3ccccc23)CCN1C(=O)Nc1cccc2ccccc12. The molecule has 1 aliphatic heterocycles. The summed E-state index contributed by atoms with van der Waals surface area (Å²) in [6, 6.07) is 27.3. The molecule has 4 aromatic rings. The summed E-state index contributed by atoms with van der Waals surface area (Å²) in [5.74, 6) is 0. The third-order valence-corrected chi connectivity index (χ3v) is 6.24. The molecule has 0 unspecified atom stereocenters. The topological polar surface area (TPSA) is 64.7 Å². The minimum atomic E-state index is -0.146. The van der Waals surface area contributed by atoms with Crippen molar-refractivity contribution in [3.8, 4) is 0 Å². The first-order chi connectivity index (χ1) is 16.1. The minimum Gasteiger partial charge on any atom is -0.321 e. The lowest BCUT2D eigenvalue weighted by Crippen LogP contribution is -2.57. The van der Waals surface area contributed by atoms with E-state index in [1.807, 2.05) is 91.9 Å². The van der Waals surface area contributed by atoms with Crippen LogP contribution in [0.1, 0.15) is 6.92 Å². The first-order valence-electron chi connectivity index (χ1n) is 11.2. The van der Waals surface area contributed by atoms with Crippen molar-refractivity contribution in [2.45, 2.75) is 13.0 Å². The van der Waals surface area contributed by atoms with Crippen molar-refractivity contribution in [3.05, 3.63) is 84.9 Å². The Labute approximate surface area is 192 Å². The second-order valence-electron chi connectivity index (χ2n) is 8.40. The Hall–Kier alpha value is -4.06. The average molecular weight is 439 g/mol. The first kappa shape index (κ1) is 20.8. The van der Waals surface area contributed by atoms with Gasteiger partial charge in [0.25, 0.3) is 0 Å². The van der Waals surface area contributed by atoms with Gasteiger partial charge in [-0.15, -0.1) is 0 Å². The van der Waals surface area contributed by atoms with Crippen molar-refractivity contribution < 1.29 is 9.59 Å². The normalized spacial score (nSPS) is 16.1. The first-order valence-corrected chi connectivity index (χ1v) is 11.2. The molecule has 0 aromatic heterocycles. The van der Waals surface area contributed by atoms with Crippen molar-refractivity contribution in [1.29, 1.82) is 0 Å². The van der Waals surface area contributed by atoms with Crippen molar-refractivity contribution in [3.63, 3.8) is 0 Å². The zero-order valence-corrected chi connectivity index (χ0v) is 18.5. The second kappa shape index (κ2) is 8.82. The highest BCUT2D eigenvalue weighted by Gasteiger charge is 2.30. The molecular weight excluding hydrogens is 412 g/mol. The number of hydrogen-bond donors (Lipinski definition) is 2. The Kier molecular flexibility index (Phi) is 5.57. The van der Waals surface area contributed by atoms with Gasteiger partial charge >= 0.3 is 12.1 Å². The molecule has 1 atom stereocenters. The summed E-state index contributed by atoms with van der Waals surface area (Å²) in [5.41, 5.74) is 1.59. The lowest BCUT2D eigenvalue weighted by atomic mass is 10.1. The molecule has 1 aliphatic rings. The summed E-state index contributed by atoms with van der Waals surface area (Å²) >= 11 is 0. The number of fused-ring (bicyclic) bond motifs is 2. The summed E-state index contributed by atoms with van der Waals surface area (Å²) in [6.07, 6.45) is 0. The highest BCUT2D eigenvalue weighted by molar-refractivity contribution is 6.03. The molecule has 1 fully saturated rings. The third kappa shape index (κ3) is 4.20. The fraction of sp³-hybridized carbons (Fsp3) is 0.185. The fourth-order valence-electron chi connectivity index (χ4n) is 4.49. The van der Waals surface area contributed by atoms with Gasteiger partial charge in [0.05, 0.1) is 11.4 Å². The van der Waals surface area contributed by atoms with E-state index in [-0.39, 0.29) is 18.1 Å². The molecule has 6 nitrogen and oxygen atoms in total. The summed E-state index contributed by atoms with van der Waals surface area (Å²) in [7, 11) is 0. The largest absolute Gasteiger partial charge is 0.322 e. The van der Waals surface area contributed by atoms with E-state index in [9.17, 15) is 9.59 Å². The molecule has 6 heteroatoms. The van der Waals surface area contributed by atoms with Gasteiger partial charge in [-0.3, -0.25) is 0 Å².